The van der Waals surface area contributed by atoms with Gasteiger partial charge in [0.15, 0.2) is 0 Å². The van der Waals surface area contributed by atoms with Crippen LogP contribution in [0.3, 0.4) is 0 Å². The molecule has 6 nitrogen and oxygen atoms in total. The molecule has 0 atom stereocenters. The predicted octanol–water partition coefficient (Wildman–Crippen LogP) is 3.00. The van der Waals surface area contributed by atoms with E-state index in [1.54, 1.807) is 17.0 Å². The van der Waals surface area contributed by atoms with Crippen LogP contribution in [0.15, 0.2) is 18.2 Å². The minimum atomic E-state index is -3.19. The lowest BCUT2D eigenvalue weighted by molar-refractivity contribution is 0.136. The van der Waals surface area contributed by atoms with Crippen LogP contribution in [0.5, 0.6) is 0 Å². The van der Waals surface area contributed by atoms with Crippen molar-refractivity contribution in [2.45, 2.75) is 38.8 Å². The van der Waals surface area contributed by atoms with Crippen molar-refractivity contribution < 1.29 is 17.9 Å². The summed E-state index contributed by atoms with van der Waals surface area (Å²) in [5.41, 5.74) is 1.69. The molecule has 24 heavy (non-hydrogen) atoms. The highest BCUT2D eigenvalue weighted by atomic mass is 35.5. The summed E-state index contributed by atoms with van der Waals surface area (Å²) in [5.74, 6) is 0.171. The van der Waals surface area contributed by atoms with E-state index >= 15 is 0 Å². The Hall–Kier alpha value is -1.31. The number of hydrogen-bond acceptors (Lipinski definition) is 4. The summed E-state index contributed by atoms with van der Waals surface area (Å²) >= 11 is 6.01. The molecule has 132 valence electrons. The van der Waals surface area contributed by atoms with Crippen LogP contribution in [0.1, 0.15) is 31.7 Å². The maximum atomic E-state index is 12.3. The lowest BCUT2D eigenvalue weighted by atomic mass is 10.0. The molecule has 1 aromatic carbocycles. The molecule has 0 aliphatic carbocycles. The lowest BCUT2D eigenvalue weighted by Crippen LogP contribution is -2.50. The highest BCUT2D eigenvalue weighted by Gasteiger charge is 2.36. The van der Waals surface area contributed by atoms with Crippen LogP contribution in [-0.2, 0) is 21.4 Å². The van der Waals surface area contributed by atoms with Gasteiger partial charge >= 0.3 is 6.09 Å². The molecule has 2 heterocycles. The maximum absolute atomic E-state index is 12.3. The van der Waals surface area contributed by atoms with Gasteiger partial charge in [0.05, 0.1) is 11.4 Å². The van der Waals surface area contributed by atoms with Crippen molar-refractivity contribution in [2.75, 3.05) is 23.7 Å². The second kappa shape index (κ2) is 6.90. The average Bonchev–Trinajstić information content (AvgIpc) is 2.55. The number of sulfonamides is 1. The SMILES string of the molecule is CCCS(=O)(=O)N1CCC(N2C(=O)OCc3cc(Cl)ccc32)CC1. The number of halogens is 1. The lowest BCUT2D eigenvalue weighted by Gasteiger charge is -2.39. The fraction of sp³-hybridized carbons (Fsp3) is 0.562. The van der Waals surface area contributed by atoms with E-state index in [-0.39, 0.29) is 24.5 Å². The monoisotopic (exact) mass is 372 g/mol. The maximum Gasteiger partial charge on any atom is 0.414 e. The zero-order chi connectivity index (χ0) is 17.3. The first-order chi connectivity index (χ1) is 11.4. The summed E-state index contributed by atoms with van der Waals surface area (Å²) in [6, 6.07) is 5.33. The molecule has 8 heteroatoms. The van der Waals surface area contributed by atoms with Gasteiger partial charge in [-0.15, -0.1) is 0 Å². The summed E-state index contributed by atoms with van der Waals surface area (Å²) in [4.78, 5) is 13.9. The molecule has 2 aliphatic heterocycles. The summed E-state index contributed by atoms with van der Waals surface area (Å²) in [5, 5.41) is 0.604. The Morgan fingerprint density at radius 3 is 2.67 bits per heavy atom. The fourth-order valence-electron chi connectivity index (χ4n) is 3.32. The van der Waals surface area contributed by atoms with E-state index in [0.29, 0.717) is 37.4 Å². The molecule has 0 spiro atoms. The average molecular weight is 373 g/mol. The van der Waals surface area contributed by atoms with Gasteiger partial charge < -0.3 is 4.74 Å². The number of piperidine rings is 1. The quantitative estimate of drug-likeness (QED) is 0.814. The number of hydrogen-bond donors (Lipinski definition) is 0. The van der Waals surface area contributed by atoms with Gasteiger partial charge in [0.2, 0.25) is 10.0 Å². The molecule has 1 aromatic rings. The molecule has 0 saturated carbocycles. The van der Waals surface area contributed by atoms with Crippen LogP contribution in [0, 0.1) is 0 Å². The second-order valence-corrected chi connectivity index (χ2v) is 8.67. The van der Waals surface area contributed by atoms with Crippen molar-refractivity contribution in [1.29, 1.82) is 0 Å². The third-order valence-corrected chi connectivity index (χ3v) is 6.80. The van der Waals surface area contributed by atoms with E-state index in [9.17, 15) is 13.2 Å². The standard InChI is InChI=1S/C16H21ClN2O4S/c1-2-9-24(21,22)18-7-5-14(6-8-18)19-15-4-3-13(17)10-12(15)11-23-16(19)20/h3-4,10,14H,2,5-9,11H2,1H3. The van der Waals surface area contributed by atoms with Crippen LogP contribution >= 0.6 is 11.6 Å². The van der Waals surface area contributed by atoms with Crippen LogP contribution in [0.2, 0.25) is 5.02 Å². The van der Waals surface area contributed by atoms with E-state index in [2.05, 4.69) is 0 Å². The minimum Gasteiger partial charge on any atom is -0.444 e. The molecule has 0 N–H and O–H groups in total. The van der Waals surface area contributed by atoms with E-state index in [4.69, 9.17) is 16.3 Å². The summed E-state index contributed by atoms with van der Waals surface area (Å²) in [6.07, 6.45) is 1.43. The molecule has 0 bridgehead atoms. The molecule has 2 aliphatic rings. The number of cyclic esters (lactones) is 1. The first-order valence-corrected chi connectivity index (χ1v) is 10.1. The third kappa shape index (κ3) is 3.38. The molecular formula is C16H21ClN2O4S. The van der Waals surface area contributed by atoms with Crippen LogP contribution in [0.25, 0.3) is 0 Å². The molecular weight excluding hydrogens is 352 g/mol. The fourth-order valence-corrected chi connectivity index (χ4v) is 5.06. The van der Waals surface area contributed by atoms with Gasteiger partial charge in [-0.25, -0.2) is 17.5 Å². The molecule has 3 rings (SSSR count). The highest BCUT2D eigenvalue weighted by Crippen LogP contribution is 2.33. The number of carbonyl (C=O) groups excluding carboxylic acids is 1. The van der Waals surface area contributed by atoms with Crippen molar-refractivity contribution in [3.8, 4) is 0 Å². The molecule has 0 radical (unpaired) electrons. The van der Waals surface area contributed by atoms with Crippen LogP contribution in [0.4, 0.5) is 10.5 Å². The number of benzene rings is 1. The third-order valence-electron chi connectivity index (χ3n) is 4.49. The van der Waals surface area contributed by atoms with Gasteiger partial charge in [0, 0.05) is 29.7 Å². The number of nitrogens with zero attached hydrogens (tertiary/aromatic N) is 2. The normalized spacial score (nSPS) is 19.9. The van der Waals surface area contributed by atoms with Gasteiger partial charge in [-0.1, -0.05) is 18.5 Å². The molecule has 0 aromatic heterocycles. The topological polar surface area (TPSA) is 66.9 Å². The highest BCUT2D eigenvalue weighted by molar-refractivity contribution is 7.89. The Labute approximate surface area is 147 Å². The number of rotatable bonds is 4. The molecule has 0 unspecified atom stereocenters. The number of carbonyl (C=O) groups is 1. The van der Waals surface area contributed by atoms with E-state index in [1.807, 2.05) is 13.0 Å². The van der Waals surface area contributed by atoms with Crippen molar-refractivity contribution in [2.24, 2.45) is 0 Å². The van der Waals surface area contributed by atoms with Gasteiger partial charge in [0.1, 0.15) is 6.61 Å². The summed E-state index contributed by atoms with van der Waals surface area (Å²) < 4.78 is 31.1. The van der Waals surface area contributed by atoms with E-state index in [1.165, 1.54) is 4.31 Å². The molecule has 1 amide bonds. The number of anilines is 1. The predicted molar refractivity (Wildman–Crippen MR) is 92.8 cm³/mol. The Bertz CT molecular complexity index is 730. The van der Waals surface area contributed by atoms with Gasteiger partial charge in [-0.3, -0.25) is 4.90 Å². The Kier molecular flexibility index (Phi) is 5.03. The first-order valence-electron chi connectivity index (χ1n) is 8.14. The van der Waals surface area contributed by atoms with Crippen LogP contribution in [-0.4, -0.2) is 43.7 Å². The first kappa shape index (κ1) is 17.5. The Morgan fingerprint density at radius 1 is 1.29 bits per heavy atom. The molecule has 1 fully saturated rings. The minimum absolute atomic E-state index is 0.0641. The van der Waals surface area contributed by atoms with E-state index < -0.39 is 10.0 Å². The second-order valence-electron chi connectivity index (χ2n) is 6.14. The largest absolute Gasteiger partial charge is 0.444 e. The zero-order valence-corrected chi connectivity index (χ0v) is 15.1. The number of fused-ring (bicyclic) bond motifs is 1. The Balaban J connectivity index is 1.76. The van der Waals surface area contributed by atoms with Gasteiger partial charge in [0.25, 0.3) is 0 Å². The number of amides is 1. The van der Waals surface area contributed by atoms with Crippen LogP contribution < -0.4 is 4.90 Å². The summed E-state index contributed by atoms with van der Waals surface area (Å²) in [6.45, 7) is 2.93. The smallest absolute Gasteiger partial charge is 0.414 e. The van der Waals surface area contributed by atoms with Crippen molar-refractivity contribution in [3.63, 3.8) is 0 Å². The van der Waals surface area contributed by atoms with Crippen molar-refractivity contribution >= 4 is 33.4 Å². The van der Waals surface area contributed by atoms with Gasteiger partial charge in [-0.05, 0) is 37.5 Å². The zero-order valence-electron chi connectivity index (χ0n) is 13.6. The van der Waals surface area contributed by atoms with Crippen molar-refractivity contribution in [3.05, 3.63) is 28.8 Å². The van der Waals surface area contributed by atoms with E-state index in [0.717, 1.165) is 11.3 Å². The Morgan fingerprint density at radius 2 is 2.00 bits per heavy atom. The van der Waals surface area contributed by atoms with Gasteiger partial charge in [-0.2, -0.15) is 0 Å². The molecule has 1 saturated heterocycles. The summed E-state index contributed by atoms with van der Waals surface area (Å²) in [7, 11) is -3.19. The van der Waals surface area contributed by atoms with Crippen molar-refractivity contribution in [1.82, 2.24) is 4.31 Å². The number of ether oxygens (including phenoxy) is 1.